The van der Waals surface area contributed by atoms with E-state index in [2.05, 4.69) is 22.4 Å². The Balaban J connectivity index is 1.86. The summed E-state index contributed by atoms with van der Waals surface area (Å²) in [6, 6.07) is 10.1. The minimum atomic E-state index is 0.298. The fraction of sp³-hybridized carbons (Fsp3) is 0.231. The molecule has 4 nitrogen and oxygen atoms in total. The van der Waals surface area contributed by atoms with Crippen molar-refractivity contribution in [2.45, 2.75) is 18.8 Å². The highest BCUT2D eigenvalue weighted by Gasteiger charge is 2.27. The van der Waals surface area contributed by atoms with E-state index in [4.69, 9.17) is 5.21 Å². The Morgan fingerprint density at radius 1 is 1.29 bits per heavy atom. The summed E-state index contributed by atoms with van der Waals surface area (Å²) in [5.41, 5.74) is 3.14. The summed E-state index contributed by atoms with van der Waals surface area (Å²) in [7, 11) is 0. The first-order chi connectivity index (χ1) is 8.38. The van der Waals surface area contributed by atoms with Gasteiger partial charge in [0.2, 0.25) is 0 Å². The second kappa shape index (κ2) is 4.05. The van der Waals surface area contributed by atoms with E-state index in [0.717, 1.165) is 24.2 Å². The van der Waals surface area contributed by atoms with Gasteiger partial charge in [0.05, 0.1) is 11.4 Å². The zero-order valence-electron chi connectivity index (χ0n) is 9.32. The molecule has 0 radical (unpaired) electrons. The average molecular weight is 227 g/mol. The lowest BCUT2D eigenvalue weighted by Gasteiger charge is -2.27. The maximum atomic E-state index is 8.80. The summed E-state index contributed by atoms with van der Waals surface area (Å²) in [5.74, 6) is 0.298. The minimum Gasteiger partial charge on any atom is -0.411 e. The summed E-state index contributed by atoms with van der Waals surface area (Å²) in [6.07, 6.45) is 5.65. The van der Waals surface area contributed by atoms with Crippen LogP contribution in [-0.2, 0) is 0 Å². The molecule has 1 aliphatic rings. The summed E-state index contributed by atoms with van der Waals surface area (Å²) in [5, 5.41) is 16.3. The Labute approximate surface area is 99.2 Å². The van der Waals surface area contributed by atoms with E-state index in [-0.39, 0.29) is 0 Å². The van der Waals surface area contributed by atoms with Gasteiger partial charge in [0.25, 0.3) is 0 Å². The van der Waals surface area contributed by atoms with Crippen molar-refractivity contribution in [3.8, 4) is 5.69 Å². The van der Waals surface area contributed by atoms with Crippen LogP contribution in [-0.4, -0.2) is 20.7 Å². The van der Waals surface area contributed by atoms with Crippen molar-refractivity contribution < 1.29 is 5.21 Å². The van der Waals surface area contributed by atoms with Crippen LogP contribution in [0.1, 0.15) is 24.3 Å². The normalized spacial score (nSPS) is 21.4. The standard InChI is InChI=1S/C13H13N3O/c17-15-13-7-6-12(13)10-2-4-11(5-3-10)16-9-1-8-14-16/h1-5,8-9,12,17H,6-7H2/b15-13-. The van der Waals surface area contributed by atoms with Crippen LogP contribution in [0, 0.1) is 0 Å². The van der Waals surface area contributed by atoms with Crippen molar-refractivity contribution in [1.29, 1.82) is 0 Å². The van der Waals surface area contributed by atoms with Gasteiger partial charge in [-0.3, -0.25) is 0 Å². The van der Waals surface area contributed by atoms with Crippen molar-refractivity contribution in [2.75, 3.05) is 0 Å². The molecule has 0 saturated heterocycles. The molecule has 1 saturated carbocycles. The van der Waals surface area contributed by atoms with Crippen LogP contribution in [0.4, 0.5) is 0 Å². The predicted molar refractivity (Wildman–Crippen MR) is 64.8 cm³/mol. The van der Waals surface area contributed by atoms with E-state index < -0.39 is 0 Å². The van der Waals surface area contributed by atoms with Crippen LogP contribution in [0.2, 0.25) is 0 Å². The minimum absolute atomic E-state index is 0.298. The number of hydrogen-bond donors (Lipinski definition) is 1. The van der Waals surface area contributed by atoms with Crippen LogP contribution in [0.15, 0.2) is 47.9 Å². The van der Waals surface area contributed by atoms with Gasteiger partial charge < -0.3 is 5.21 Å². The molecule has 86 valence electrons. The van der Waals surface area contributed by atoms with E-state index in [1.165, 1.54) is 5.56 Å². The number of rotatable bonds is 2. The molecule has 2 aromatic rings. The van der Waals surface area contributed by atoms with E-state index in [1.807, 2.05) is 29.1 Å². The van der Waals surface area contributed by atoms with Gasteiger partial charge in [0.15, 0.2) is 0 Å². The van der Waals surface area contributed by atoms with Crippen LogP contribution in [0.25, 0.3) is 5.69 Å². The van der Waals surface area contributed by atoms with Crippen molar-refractivity contribution >= 4 is 5.71 Å². The van der Waals surface area contributed by atoms with Crippen LogP contribution in [0.5, 0.6) is 0 Å². The number of hydrogen-bond acceptors (Lipinski definition) is 3. The number of nitrogens with zero attached hydrogens (tertiary/aromatic N) is 3. The molecule has 0 bridgehead atoms. The maximum Gasteiger partial charge on any atom is 0.0645 e. The monoisotopic (exact) mass is 227 g/mol. The molecule has 4 heteroatoms. The Morgan fingerprint density at radius 3 is 2.65 bits per heavy atom. The van der Waals surface area contributed by atoms with Crippen LogP contribution >= 0.6 is 0 Å². The summed E-state index contributed by atoms with van der Waals surface area (Å²) < 4.78 is 1.82. The van der Waals surface area contributed by atoms with Gasteiger partial charge in [0.1, 0.15) is 0 Å². The molecule has 0 amide bonds. The van der Waals surface area contributed by atoms with Gasteiger partial charge in [-0.2, -0.15) is 5.10 Å². The second-order valence-electron chi connectivity index (χ2n) is 4.22. The topological polar surface area (TPSA) is 50.4 Å². The highest BCUT2D eigenvalue weighted by atomic mass is 16.4. The fourth-order valence-electron chi connectivity index (χ4n) is 2.18. The molecule has 1 aromatic carbocycles. The van der Waals surface area contributed by atoms with Crippen molar-refractivity contribution in [3.63, 3.8) is 0 Å². The number of benzene rings is 1. The average Bonchev–Trinajstić information content (AvgIpc) is 2.83. The Morgan fingerprint density at radius 2 is 2.12 bits per heavy atom. The smallest absolute Gasteiger partial charge is 0.0645 e. The molecule has 0 aliphatic heterocycles. The van der Waals surface area contributed by atoms with Crippen LogP contribution < -0.4 is 0 Å². The molecule has 1 heterocycles. The first-order valence-electron chi connectivity index (χ1n) is 5.69. The highest BCUT2D eigenvalue weighted by molar-refractivity contribution is 5.95. The predicted octanol–water partition coefficient (Wildman–Crippen LogP) is 2.58. The lowest BCUT2D eigenvalue weighted by Crippen LogP contribution is -2.23. The fourth-order valence-corrected chi connectivity index (χ4v) is 2.18. The zero-order chi connectivity index (χ0) is 11.7. The second-order valence-corrected chi connectivity index (χ2v) is 4.22. The van der Waals surface area contributed by atoms with Gasteiger partial charge in [-0.15, -0.1) is 0 Å². The van der Waals surface area contributed by atoms with Gasteiger partial charge in [-0.05, 0) is 36.6 Å². The first-order valence-corrected chi connectivity index (χ1v) is 5.69. The molecular formula is C13H13N3O. The third kappa shape index (κ3) is 1.71. The SMILES string of the molecule is O/N=C1/CCC1c1ccc(-n2cccn2)cc1. The molecule has 3 rings (SSSR count). The molecule has 0 spiro atoms. The van der Waals surface area contributed by atoms with Gasteiger partial charge >= 0.3 is 0 Å². The summed E-state index contributed by atoms with van der Waals surface area (Å²) in [4.78, 5) is 0. The number of oxime groups is 1. The molecule has 1 atom stereocenters. The van der Waals surface area contributed by atoms with Gasteiger partial charge in [-0.1, -0.05) is 17.3 Å². The molecular weight excluding hydrogens is 214 g/mol. The third-order valence-corrected chi connectivity index (χ3v) is 3.28. The van der Waals surface area contributed by atoms with Gasteiger partial charge in [0, 0.05) is 18.3 Å². The van der Waals surface area contributed by atoms with E-state index >= 15 is 0 Å². The van der Waals surface area contributed by atoms with Crippen LogP contribution in [0.3, 0.4) is 0 Å². The lowest BCUT2D eigenvalue weighted by molar-refractivity contribution is 0.310. The molecule has 17 heavy (non-hydrogen) atoms. The molecule has 1 unspecified atom stereocenters. The molecule has 1 aromatic heterocycles. The molecule has 1 N–H and O–H groups in total. The van der Waals surface area contributed by atoms with E-state index in [9.17, 15) is 0 Å². The van der Waals surface area contributed by atoms with Gasteiger partial charge in [-0.25, -0.2) is 4.68 Å². The Hall–Kier alpha value is -2.10. The lowest BCUT2D eigenvalue weighted by atomic mass is 9.78. The Kier molecular flexibility index (Phi) is 2.40. The summed E-state index contributed by atoms with van der Waals surface area (Å²) in [6.45, 7) is 0. The molecule has 1 aliphatic carbocycles. The number of aromatic nitrogens is 2. The zero-order valence-corrected chi connectivity index (χ0v) is 9.32. The van der Waals surface area contributed by atoms with Crippen molar-refractivity contribution in [2.24, 2.45) is 5.16 Å². The van der Waals surface area contributed by atoms with Crippen molar-refractivity contribution in [1.82, 2.24) is 9.78 Å². The van der Waals surface area contributed by atoms with Crippen molar-refractivity contribution in [3.05, 3.63) is 48.3 Å². The third-order valence-electron chi connectivity index (χ3n) is 3.28. The van der Waals surface area contributed by atoms with E-state index in [1.54, 1.807) is 6.20 Å². The Bertz CT molecular complexity index is 528. The quantitative estimate of drug-likeness (QED) is 0.633. The van der Waals surface area contributed by atoms with E-state index in [0.29, 0.717) is 5.92 Å². The first kappa shape index (κ1) is 10.1. The summed E-state index contributed by atoms with van der Waals surface area (Å²) >= 11 is 0. The maximum absolute atomic E-state index is 8.80. The molecule has 1 fully saturated rings. The highest BCUT2D eigenvalue weighted by Crippen LogP contribution is 2.34. The largest absolute Gasteiger partial charge is 0.411 e.